The number of hydrogen-bond acceptors (Lipinski definition) is 2. The Bertz CT molecular complexity index is 616. The molecule has 2 aromatic carbocycles. The van der Waals surface area contributed by atoms with Crippen LogP contribution in [0.3, 0.4) is 0 Å². The lowest BCUT2D eigenvalue weighted by Crippen LogP contribution is -2.35. The normalized spacial score (nSPS) is 10.1. The van der Waals surface area contributed by atoms with E-state index in [2.05, 4.69) is 10.6 Å². The lowest BCUT2D eigenvalue weighted by Gasteiger charge is -2.11. The van der Waals surface area contributed by atoms with Gasteiger partial charge in [0.25, 0.3) is 0 Å². The van der Waals surface area contributed by atoms with Gasteiger partial charge in [0.2, 0.25) is 0 Å². The van der Waals surface area contributed by atoms with Crippen LogP contribution in [-0.2, 0) is 13.0 Å². The van der Waals surface area contributed by atoms with Crippen LogP contribution < -0.4 is 15.4 Å². The maximum absolute atomic E-state index is 13.0. The van der Waals surface area contributed by atoms with Gasteiger partial charge in [0.1, 0.15) is 11.6 Å². The number of benzene rings is 2. The molecule has 0 unspecified atom stereocenters. The molecule has 0 amide bonds. The van der Waals surface area contributed by atoms with Gasteiger partial charge in [-0.05, 0) is 54.0 Å². The van der Waals surface area contributed by atoms with Crippen LogP contribution in [0.25, 0.3) is 0 Å². The van der Waals surface area contributed by atoms with Crippen molar-refractivity contribution in [2.45, 2.75) is 13.0 Å². The minimum atomic E-state index is -0.210. The van der Waals surface area contributed by atoms with Gasteiger partial charge in [-0.3, -0.25) is 0 Å². The molecule has 0 radical (unpaired) electrons. The summed E-state index contributed by atoms with van der Waals surface area (Å²) in [5, 5.41) is 6.85. The number of rotatable bonds is 6. The molecule has 2 aromatic rings. The number of halogens is 1. The summed E-state index contributed by atoms with van der Waals surface area (Å²) in [5.74, 6) is 0.622. The van der Waals surface area contributed by atoms with Crippen LogP contribution in [0.2, 0.25) is 0 Å². The van der Waals surface area contributed by atoms with Crippen molar-refractivity contribution in [1.29, 1.82) is 0 Å². The summed E-state index contributed by atoms with van der Waals surface area (Å²) in [4.78, 5) is 0. The van der Waals surface area contributed by atoms with Gasteiger partial charge in [-0.15, -0.1) is 0 Å². The van der Waals surface area contributed by atoms with Crippen molar-refractivity contribution in [3.63, 3.8) is 0 Å². The predicted octanol–water partition coefficient (Wildman–Crippen LogP) is 3.04. The van der Waals surface area contributed by atoms with Crippen LogP contribution in [0.4, 0.5) is 4.39 Å². The Hall–Kier alpha value is -2.14. The van der Waals surface area contributed by atoms with Crippen LogP contribution in [0, 0.1) is 5.82 Å². The van der Waals surface area contributed by atoms with E-state index < -0.39 is 0 Å². The zero-order valence-electron chi connectivity index (χ0n) is 12.4. The fourth-order valence-electron chi connectivity index (χ4n) is 2.00. The number of hydrogen-bond donors (Lipinski definition) is 2. The molecule has 0 fully saturated rings. The molecule has 0 saturated heterocycles. The van der Waals surface area contributed by atoms with E-state index in [-0.39, 0.29) is 5.82 Å². The standard InChI is InChI=1S/C17H19FN2OS/c1-21-16-7-5-14(6-8-16)12-20-17(22)19-10-9-13-3-2-4-15(18)11-13/h2-8,11H,9-10,12H2,1H3,(H2,19,20,22). The van der Waals surface area contributed by atoms with Gasteiger partial charge in [-0.25, -0.2) is 4.39 Å². The first-order chi connectivity index (χ1) is 10.7. The average Bonchev–Trinajstić information content (AvgIpc) is 2.53. The van der Waals surface area contributed by atoms with Gasteiger partial charge in [-0.2, -0.15) is 0 Å². The van der Waals surface area contributed by atoms with Crippen molar-refractivity contribution in [3.8, 4) is 5.75 Å². The SMILES string of the molecule is COc1ccc(CNC(=S)NCCc2cccc(F)c2)cc1. The molecule has 0 aliphatic carbocycles. The Morgan fingerprint density at radius 2 is 1.86 bits per heavy atom. The minimum Gasteiger partial charge on any atom is -0.497 e. The van der Waals surface area contributed by atoms with E-state index in [1.807, 2.05) is 30.3 Å². The van der Waals surface area contributed by atoms with Crippen molar-refractivity contribution in [2.24, 2.45) is 0 Å². The third kappa shape index (κ3) is 5.33. The summed E-state index contributed by atoms with van der Waals surface area (Å²) in [6, 6.07) is 14.4. The molecule has 2 rings (SSSR count). The summed E-state index contributed by atoms with van der Waals surface area (Å²) >= 11 is 5.22. The second-order valence-corrected chi connectivity index (χ2v) is 5.25. The molecule has 0 bridgehead atoms. The third-order valence-electron chi connectivity index (χ3n) is 3.20. The molecular formula is C17H19FN2OS. The van der Waals surface area contributed by atoms with E-state index in [1.54, 1.807) is 13.2 Å². The molecule has 0 saturated carbocycles. The van der Waals surface area contributed by atoms with Gasteiger partial charge >= 0.3 is 0 Å². The Labute approximate surface area is 135 Å². The van der Waals surface area contributed by atoms with Crippen LogP contribution >= 0.6 is 12.2 Å². The molecule has 0 spiro atoms. The highest BCUT2D eigenvalue weighted by atomic mass is 32.1. The summed E-state index contributed by atoms with van der Waals surface area (Å²) in [5.41, 5.74) is 2.07. The fraction of sp³-hybridized carbons (Fsp3) is 0.235. The predicted molar refractivity (Wildman–Crippen MR) is 90.5 cm³/mol. The Balaban J connectivity index is 1.69. The number of nitrogens with one attached hydrogen (secondary N) is 2. The van der Waals surface area contributed by atoms with E-state index >= 15 is 0 Å². The van der Waals surface area contributed by atoms with Crippen LogP contribution in [-0.4, -0.2) is 18.8 Å². The van der Waals surface area contributed by atoms with E-state index in [4.69, 9.17) is 17.0 Å². The summed E-state index contributed by atoms with van der Waals surface area (Å²) in [6.07, 6.45) is 0.724. The maximum atomic E-state index is 13.0. The molecular weight excluding hydrogens is 299 g/mol. The van der Waals surface area contributed by atoms with Crippen molar-refractivity contribution in [2.75, 3.05) is 13.7 Å². The number of ether oxygens (including phenoxy) is 1. The van der Waals surface area contributed by atoms with Gasteiger partial charge in [0, 0.05) is 13.1 Å². The van der Waals surface area contributed by atoms with Crippen LogP contribution in [0.1, 0.15) is 11.1 Å². The molecule has 22 heavy (non-hydrogen) atoms. The minimum absolute atomic E-state index is 0.210. The lowest BCUT2D eigenvalue weighted by molar-refractivity contribution is 0.414. The second-order valence-electron chi connectivity index (χ2n) is 4.84. The summed E-state index contributed by atoms with van der Waals surface area (Å²) < 4.78 is 18.2. The fourth-order valence-corrected chi connectivity index (χ4v) is 2.18. The average molecular weight is 318 g/mol. The largest absolute Gasteiger partial charge is 0.497 e. The third-order valence-corrected chi connectivity index (χ3v) is 3.49. The maximum Gasteiger partial charge on any atom is 0.166 e. The molecule has 3 nitrogen and oxygen atoms in total. The highest BCUT2D eigenvalue weighted by Crippen LogP contribution is 2.10. The summed E-state index contributed by atoms with van der Waals surface area (Å²) in [6.45, 7) is 1.31. The van der Waals surface area contributed by atoms with E-state index in [0.717, 1.165) is 23.3 Å². The van der Waals surface area contributed by atoms with Crippen molar-refractivity contribution >= 4 is 17.3 Å². The quantitative estimate of drug-likeness (QED) is 0.802. The Kier molecular flexibility index (Phi) is 6.15. The molecule has 0 atom stereocenters. The van der Waals surface area contributed by atoms with E-state index in [0.29, 0.717) is 18.2 Å². The van der Waals surface area contributed by atoms with Crippen LogP contribution in [0.15, 0.2) is 48.5 Å². The molecule has 0 aromatic heterocycles. The van der Waals surface area contributed by atoms with Gasteiger partial charge in [-0.1, -0.05) is 24.3 Å². The van der Waals surface area contributed by atoms with Gasteiger partial charge in [0.05, 0.1) is 7.11 Å². The Morgan fingerprint density at radius 1 is 1.09 bits per heavy atom. The van der Waals surface area contributed by atoms with Crippen molar-refractivity contribution < 1.29 is 9.13 Å². The zero-order chi connectivity index (χ0) is 15.8. The van der Waals surface area contributed by atoms with Gasteiger partial charge < -0.3 is 15.4 Å². The molecule has 0 aliphatic rings. The number of thiocarbonyl (C=S) groups is 1. The number of methoxy groups -OCH3 is 1. The van der Waals surface area contributed by atoms with Crippen LogP contribution in [0.5, 0.6) is 5.75 Å². The smallest absolute Gasteiger partial charge is 0.166 e. The molecule has 2 N–H and O–H groups in total. The zero-order valence-corrected chi connectivity index (χ0v) is 13.3. The highest BCUT2D eigenvalue weighted by molar-refractivity contribution is 7.80. The van der Waals surface area contributed by atoms with Crippen molar-refractivity contribution in [3.05, 3.63) is 65.5 Å². The molecule has 0 heterocycles. The summed E-state index contributed by atoms with van der Waals surface area (Å²) in [7, 11) is 1.64. The Morgan fingerprint density at radius 3 is 2.55 bits per heavy atom. The first kappa shape index (κ1) is 16.2. The van der Waals surface area contributed by atoms with Gasteiger partial charge in [0.15, 0.2) is 5.11 Å². The molecule has 0 aliphatic heterocycles. The second kappa shape index (κ2) is 8.34. The van der Waals surface area contributed by atoms with E-state index in [1.165, 1.54) is 12.1 Å². The topological polar surface area (TPSA) is 33.3 Å². The van der Waals surface area contributed by atoms with E-state index in [9.17, 15) is 4.39 Å². The molecule has 116 valence electrons. The molecule has 5 heteroatoms. The lowest BCUT2D eigenvalue weighted by atomic mass is 10.1. The highest BCUT2D eigenvalue weighted by Gasteiger charge is 1.99. The monoisotopic (exact) mass is 318 g/mol. The first-order valence-corrected chi connectivity index (χ1v) is 7.47. The first-order valence-electron chi connectivity index (χ1n) is 7.06. The van der Waals surface area contributed by atoms with Crippen molar-refractivity contribution in [1.82, 2.24) is 10.6 Å².